The molecule has 0 spiro atoms. The van der Waals surface area contributed by atoms with Gasteiger partial charge in [0.1, 0.15) is 0 Å². The molecule has 0 aromatic rings. The number of likely N-dealkylation sites (tertiary alicyclic amines) is 1. The molecule has 3 nitrogen and oxygen atoms in total. The van der Waals surface area contributed by atoms with E-state index in [1.165, 1.54) is 64.3 Å². The highest BCUT2D eigenvalue weighted by atomic mass is 16.3. The van der Waals surface area contributed by atoms with E-state index < -0.39 is 0 Å². The van der Waals surface area contributed by atoms with Gasteiger partial charge in [-0.25, -0.2) is 0 Å². The highest BCUT2D eigenvalue weighted by Crippen LogP contribution is 2.35. The largest absolute Gasteiger partial charge is 0.393 e. The maximum atomic E-state index is 9.58. The van der Waals surface area contributed by atoms with E-state index in [1.54, 1.807) is 5.57 Å². The molecule has 1 saturated heterocycles. The fraction of sp³-hybridized carbons (Fsp3) is 0.900. The predicted octanol–water partition coefficient (Wildman–Crippen LogP) is 3.48. The summed E-state index contributed by atoms with van der Waals surface area (Å²) in [6.45, 7) is 4.52. The molecule has 3 heteroatoms. The number of nitrogens with one attached hydrogen (secondary N) is 1. The second-order valence-corrected chi connectivity index (χ2v) is 7.90. The summed E-state index contributed by atoms with van der Waals surface area (Å²) in [4.78, 5) is 2.52. The van der Waals surface area contributed by atoms with Gasteiger partial charge in [0, 0.05) is 19.1 Å². The number of nitrogens with zero attached hydrogens (tertiary/aromatic N) is 1. The van der Waals surface area contributed by atoms with Gasteiger partial charge in [0.25, 0.3) is 0 Å². The van der Waals surface area contributed by atoms with Gasteiger partial charge in [-0.15, -0.1) is 0 Å². The molecule has 1 heterocycles. The number of hydrogen-bond donors (Lipinski definition) is 2. The molecule has 2 aliphatic carbocycles. The molecule has 2 fully saturated rings. The average Bonchev–Trinajstić information content (AvgIpc) is 2.61. The standard InChI is InChI=1S/C20H36N2O/c23-18-11-15-22(16-12-18)14-6-13-21-20-10-5-4-9-19(20)17-7-2-1-3-8-17/h7,18-21,23H,1-6,8-16H2. The monoisotopic (exact) mass is 320 g/mol. The van der Waals surface area contributed by atoms with Gasteiger partial charge in [0.15, 0.2) is 0 Å². The zero-order valence-electron chi connectivity index (χ0n) is 14.8. The van der Waals surface area contributed by atoms with Gasteiger partial charge in [-0.1, -0.05) is 24.5 Å². The first kappa shape index (κ1) is 17.4. The van der Waals surface area contributed by atoms with Crippen LogP contribution in [0.3, 0.4) is 0 Å². The summed E-state index contributed by atoms with van der Waals surface area (Å²) in [5.74, 6) is 0.828. The van der Waals surface area contributed by atoms with Crippen LogP contribution in [-0.2, 0) is 0 Å². The second-order valence-electron chi connectivity index (χ2n) is 7.90. The van der Waals surface area contributed by atoms with Gasteiger partial charge in [0.05, 0.1) is 6.10 Å². The molecule has 2 unspecified atom stereocenters. The van der Waals surface area contributed by atoms with Crippen LogP contribution >= 0.6 is 0 Å². The van der Waals surface area contributed by atoms with E-state index in [1.807, 2.05) is 0 Å². The summed E-state index contributed by atoms with van der Waals surface area (Å²) in [5.41, 5.74) is 1.78. The van der Waals surface area contributed by atoms with Crippen molar-refractivity contribution in [3.05, 3.63) is 11.6 Å². The molecule has 0 aromatic carbocycles. The zero-order valence-corrected chi connectivity index (χ0v) is 14.8. The van der Waals surface area contributed by atoms with Crippen molar-refractivity contribution in [3.63, 3.8) is 0 Å². The van der Waals surface area contributed by atoms with Crippen molar-refractivity contribution in [2.45, 2.75) is 82.8 Å². The molecule has 0 amide bonds. The molecule has 3 rings (SSSR count). The Labute approximate surface area is 142 Å². The summed E-state index contributed by atoms with van der Waals surface area (Å²) < 4.78 is 0. The van der Waals surface area contributed by atoms with Crippen LogP contribution in [-0.4, -0.2) is 48.3 Å². The molecule has 0 aromatic heterocycles. The molecule has 2 N–H and O–H groups in total. The minimum atomic E-state index is -0.0452. The Morgan fingerprint density at radius 3 is 2.65 bits per heavy atom. The van der Waals surface area contributed by atoms with E-state index in [4.69, 9.17) is 0 Å². The summed E-state index contributed by atoms with van der Waals surface area (Å²) in [5, 5.41) is 13.5. The quantitative estimate of drug-likeness (QED) is 0.581. The van der Waals surface area contributed by atoms with Crippen molar-refractivity contribution in [2.24, 2.45) is 5.92 Å². The second kappa shape index (κ2) is 9.19. The molecule has 23 heavy (non-hydrogen) atoms. The first-order valence-electron chi connectivity index (χ1n) is 10.2. The number of allylic oxidation sites excluding steroid dienone is 1. The van der Waals surface area contributed by atoms with Crippen LogP contribution in [0.25, 0.3) is 0 Å². The van der Waals surface area contributed by atoms with Gasteiger partial charge in [-0.05, 0) is 76.8 Å². The molecule has 2 atom stereocenters. The Kier molecular flexibility index (Phi) is 6.97. The first-order chi connectivity index (χ1) is 11.3. The lowest BCUT2D eigenvalue weighted by molar-refractivity contribution is 0.0818. The summed E-state index contributed by atoms with van der Waals surface area (Å²) in [7, 11) is 0. The van der Waals surface area contributed by atoms with Crippen LogP contribution in [0.4, 0.5) is 0 Å². The SMILES string of the molecule is OC1CCN(CCCNC2CCCCC2C2=CCCCC2)CC1. The minimum Gasteiger partial charge on any atom is -0.393 e. The van der Waals surface area contributed by atoms with E-state index in [9.17, 15) is 5.11 Å². The van der Waals surface area contributed by atoms with Crippen molar-refractivity contribution < 1.29 is 5.11 Å². The third-order valence-corrected chi connectivity index (χ3v) is 6.18. The molecular weight excluding hydrogens is 284 g/mol. The minimum absolute atomic E-state index is 0.0452. The summed E-state index contributed by atoms with van der Waals surface area (Å²) >= 11 is 0. The van der Waals surface area contributed by atoms with Gasteiger partial charge >= 0.3 is 0 Å². The lowest BCUT2D eigenvalue weighted by Gasteiger charge is -2.36. The van der Waals surface area contributed by atoms with Gasteiger partial charge in [-0.3, -0.25) is 0 Å². The predicted molar refractivity (Wildman–Crippen MR) is 96.6 cm³/mol. The Bertz CT molecular complexity index is 374. The molecule has 3 aliphatic rings. The van der Waals surface area contributed by atoms with E-state index >= 15 is 0 Å². The van der Waals surface area contributed by atoms with Crippen LogP contribution in [0.15, 0.2) is 11.6 Å². The van der Waals surface area contributed by atoms with Crippen molar-refractivity contribution in [1.82, 2.24) is 10.2 Å². The van der Waals surface area contributed by atoms with Crippen LogP contribution in [0.5, 0.6) is 0 Å². The van der Waals surface area contributed by atoms with Crippen molar-refractivity contribution >= 4 is 0 Å². The third-order valence-electron chi connectivity index (χ3n) is 6.18. The number of hydrogen-bond acceptors (Lipinski definition) is 3. The molecule has 132 valence electrons. The van der Waals surface area contributed by atoms with Crippen LogP contribution in [0.2, 0.25) is 0 Å². The van der Waals surface area contributed by atoms with Gasteiger partial charge in [0.2, 0.25) is 0 Å². The molecule has 0 radical (unpaired) electrons. The number of aliphatic hydroxyl groups excluding tert-OH is 1. The Morgan fingerprint density at radius 2 is 1.87 bits per heavy atom. The molecule has 1 saturated carbocycles. The van der Waals surface area contributed by atoms with Gasteiger partial charge < -0.3 is 15.3 Å². The first-order valence-corrected chi connectivity index (χ1v) is 10.2. The highest BCUT2D eigenvalue weighted by molar-refractivity contribution is 5.13. The average molecular weight is 321 g/mol. The molecule has 0 bridgehead atoms. The van der Waals surface area contributed by atoms with E-state index in [2.05, 4.69) is 16.3 Å². The fourth-order valence-electron chi connectivity index (χ4n) is 4.75. The highest BCUT2D eigenvalue weighted by Gasteiger charge is 2.28. The Balaban J connectivity index is 1.38. The van der Waals surface area contributed by atoms with Crippen LogP contribution < -0.4 is 5.32 Å². The third kappa shape index (κ3) is 5.30. The zero-order chi connectivity index (χ0) is 15.9. The van der Waals surface area contributed by atoms with E-state index in [-0.39, 0.29) is 6.10 Å². The van der Waals surface area contributed by atoms with Crippen molar-refractivity contribution in [1.29, 1.82) is 0 Å². The lowest BCUT2D eigenvalue weighted by atomic mass is 9.76. The van der Waals surface area contributed by atoms with E-state index in [0.717, 1.165) is 44.4 Å². The Hall–Kier alpha value is -0.380. The number of rotatable bonds is 6. The maximum absolute atomic E-state index is 9.58. The van der Waals surface area contributed by atoms with Crippen LogP contribution in [0.1, 0.15) is 70.6 Å². The van der Waals surface area contributed by atoms with Crippen molar-refractivity contribution in [3.8, 4) is 0 Å². The summed E-state index contributed by atoms with van der Waals surface area (Å²) in [6.07, 6.45) is 16.8. The normalized spacial score (nSPS) is 31.1. The summed E-state index contributed by atoms with van der Waals surface area (Å²) in [6, 6.07) is 0.733. The number of aliphatic hydroxyl groups is 1. The van der Waals surface area contributed by atoms with Crippen LogP contribution in [0, 0.1) is 5.92 Å². The molecule has 1 aliphatic heterocycles. The topological polar surface area (TPSA) is 35.5 Å². The van der Waals surface area contributed by atoms with Gasteiger partial charge in [-0.2, -0.15) is 0 Å². The maximum Gasteiger partial charge on any atom is 0.0564 e. The fourth-order valence-corrected chi connectivity index (χ4v) is 4.75. The molecular formula is C20H36N2O. The Morgan fingerprint density at radius 1 is 1.04 bits per heavy atom. The lowest BCUT2D eigenvalue weighted by Crippen LogP contribution is -2.41. The van der Waals surface area contributed by atoms with Crippen molar-refractivity contribution in [2.75, 3.05) is 26.2 Å². The number of piperidine rings is 1. The van der Waals surface area contributed by atoms with E-state index in [0.29, 0.717) is 0 Å². The smallest absolute Gasteiger partial charge is 0.0564 e.